The molecule has 0 spiro atoms. The van der Waals surface area contributed by atoms with Crippen molar-refractivity contribution in [2.75, 3.05) is 39.2 Å². The summed E-state index contributed by atoms with van der Waals surface area (Å²) in [6, 6.07) is 13.0. The van der Waals surface area contributed by atoms with Gasteiger partial charge < -0.3 is 14.8 Å². The molecular formula is C20H25ClN2O3. The van der Waals surface area contributed by atoms with Gasteiger partial charge in [0.05, 0.1) is 25.9 Å². The molecule has 0 aliphatic carbocycles. The largest absolute Gasteiger partial charge is 0.495 e. The van der Waals surface area contributed by atoms with Crippen molar-refractivity contribution in [1.82, 2.24) is 4.90 Å². The lowest BCUT2D eigenvalue weighted by atomic mass is 10.2. The molecule has 5 nitrogen and oxygen atoms in total. The normalized spacial score (nSPS) is 10.7. The molecule has 2 rings (SSSR count). The quantitative estimate of drug-likeness (QED) is 0.672. The summed E-state index contributed by atoms with van der Waals surface area (Å²) < 4.78 is 10.9. The van der Waals surface area contributed by atoms with E-state index in [0.717, 1.165) is 24.3 Å². The predicted molar refractivity (Wildman–Crippen MR) is 105 cm³/mol. The molecule has 1 amide bonds. The summed E-state index contributed by atoms with van der Waals surface area (Å²) in [4.78, 5) is 14.2. The fourth-order valence-electron chi connectivity index (χ4n) is 2.51. The van der Waals surface area contributed by atoms with Crippen molar-refractivity contribution in [2.24, 2.45) is 0 Å². The molecule has 0 atom stereocenters. The van der Waals surface area contributed by atoms with E-state index < -0.39 is 0 Å². The van der Waals surface area contributed by atoms with E-state index in [1.807, 2.05) is 55.3 Å². The lowest BCUT2D eigenvalue weighted by molar-refractivity contribution is -0.117. The fourth-order valence-corrected chi connectivity index (χ4v) is 2.69. The number of benzene rings is 2. The number of carbonyl (C=O) groups is 1. The summed E-state index contributed by atoms with van der Waals surface area (Å²) in [7, 11) is 3.50. The van der Waals surface area contributed by atoms with E-state index in [4.69, 9.17) is 21.1 Å². The van der Waals surface area contributed by atoms with Gasteiger partial charge in [-0.05, 0) is 56.3 Å². The molecule has 0 aliphatic heterocycles. The van der Waals surface area contributed by atoms with E-state index in [9.17, 15) is 4.79 Å². The zero-order chi connectivity index (χ0) is 18.9. The maximum atomic E-state index is 12.2. The molecular weight excluding hydrogens is 352 g/mol. The molecule has 0 aromatic heterocycles. The van der Waals surface area contributed by atoms with Crippen molar-refractivity contribution in [2.45, 2.75) is 13.3 Å². The molecule has 2 aromatic carbocycles. The summed E-state index contributed by atoms with van der Waals surface area (Å²) in [6.07, 6.45) is 0.810. The topological polar surface area (TPSA) is 50.8 Å². The number of ether oxygens (including phenoxy) is 2. The van der Waals surface area contributed by atoms with E-state index in [0.29, 0.717) is 29.6 Å². The number of hydrogen-bond acceptors (Lipinski definition) is 4. The van der Waals surface area contributed by atoms with E-state index in [-0.39, 0.29) is 5.91 Å². The monoisotopic (exact) mass is 376 g/mol. The van der Waals surface area contributed by atoms with Gasteiger partial charge in [-0.1, -0.05) is 23.7 Å². The van der Waals surface area contributed by atoms with Crippen LogP contribution in [0.15, 0.2) is 42.5 Å². The minimum Gasteiger partial charge on any atom is -0.495 e. The molecule has 0 unspecified atom stereocenters. The molecule has 6 heteroatoms. The number of nitrogens with one attached hydrogen (secondary N) is 1. The van der Waals surface area contributed by atoms with Crippen molar-refractivity contribution in [1.29, 1.82) is 0 Å². The van der Waals surface area contributed by atoms with Crippen LogP contribution in [0.4, 0.5) is 5.69 Å². The van der Waals surface area contributed by atoms with Gasteiger partial charge in [-0.2, -0.15) is 0 Å². The molecule has 26 heavy (non-hydrogen) atoms. The van der Waals surface area contributed by atoms with E-state index in [2.05, 4.69) is 5.32 Å². The first kappa shape index (κ1) is 20.1. The minimum atomic E-state index is -0.0767. The third-order valence-corrected chi connectivity index (χ3v) is 4.03. The highest BCUT2D eigenvalue weighted by Crippen LogP contribution is 2.25. The molecule has 0 bridgehead atoms. The smallest absolute Gasteiger partial charge is 0.238 e. The Morgan fingerprint density at radius 3 is 2.77 bits per heavy atom. The summed E-state index contributed by atoms with van der Waals surface area (Å²) in [5.41, 5.74) is 1.75. The third kappa shape index (κ3) is 6.58. The van der Waals surface area contributed by atoms with Gasteiger partial charge in [-0.25, -0.2) is 0 Å². The SMILES string of the molecule is COc1ccc(C)cc1NC(=O)CN(C)CCCOc1cccc(Cl)c1. The number of hydrogen-bond donors (Lipinski definition) is 1. The first-order valence-corrected chi connectivity index (χ1v) is 8.87. The van der Waals surface area contributed by atoms with Gasteiger partial charge in [-0.15, -0.1) is 0 Å². The molecule has 0 saturated heterocycles. The predicted octanol–water partition coefficient (Wildman–Crippen LogP) is 4.00. The summed E-state index contributed by atoms with van der Waals surface area (Å²) in [6.45, 7) is 3.59. The second kappa shape index (κ2) is 10.0. The van der Waals surface area contributed by atoms with Crippen molar-refractivity contribution >= 4 is 23.2 Å². The van der Waals surface area contributed by atoms with Crippen LogP contribution in [0.5, 0.6) is 11.5 Å². The number of halogens is 1. The number of likely N-dealkylation sites (N-methyl/N-ethyl adjacent to an activating group) is 1. The van der Waals surface area contributed by atoms with Crippen LogP contribution in [-0.4, -0.2) is 44.7 Å². The highest BCUT2D eigenvalue weighted by molar-refractivity contribution is 6.30. The first-order valence-electron chi connectivity index (χ1n) is 8.49. The highest BCUT2D eigenvalue weighted by atomic mass is 35.5. The van der Waals surface area contributed by atoms with Gasteiger partial charge in [0.1, 0.15) is 11.5 Å². The van der Waals surface area contributed by atoms with Crippen molar-refractivity contribution in [3.63, 3.8) is 0 Å². The van der Waals surface area contributed by atoms with Crippen molar-refractivity contribution < 1.29 is 14.3 Å². The standard InChI is InChI=1S/C20H25ClN2O3/c1-15-8-9-19(25-3)18(12-15)22-20(24)14-23(2)10-5-11-26-17-7-4-6-16(21)13-17/h4,6-9,12-13H,5,10-11,14H2,1-3H3,(H,22,24). The summed E-state index contributed by atoms with van der Waals surface area (Å²) in [5.74, 6) is 1.33. The third-order valence-electron chi connectivity index (χ3n) is 3.79. The zero-order valence-electron chi connectivity index (χ0n) is 15.4. The minimum absolute atomic E-state index is 0.0767. The number of amides is 1. The van der Waals surface area contributed by atoms with E-state index in [1.165, 1.54) is 0 Å². The molecule has 1 N–H and O–H groups in total. The van der Waals surface area contributed by atoms with E-state index >= 15 is 0 Å². The molecule has 0 fully saturated rings. The van der Waals surface area contributed by atoms with Crippen LogP contribution in [0.25, 0.3) is 0 Å². The molecule has 2 aromatic rings. The van der Waals surface area contributed by atoms with Crippen LogP contribution >= 0.6 is 11.6 Å². The fraction of sp³-hybridized carbons (Fsp3) is 0.350. The lowest BCUT2D eigenvalue weighted by Gasteiger charge is -2.17. The van der Waals surface area contributed by atoms with Crippen LogP contribution < -0.4 is 14.8 Å². The lowest BCUT2D eigenvalue weighted by Crippen LogP contribution is -2.31. The van der Waals surface area contributed by atoms with Crippen LogP contribution in [0.1, 0.15) is 12.0 Å². The van der Waals surface area contributed by atoms with E-state index in [1.54, 1.807) is 13.2 Å². The van der Waals surface area contributed by atoms with Gasteiger partial charge in [0.2, 0.25) is 5.91 Å². The van der Waals surface area contributed by atoms with Crippen LogP contribution in [0, 0.1) is 6.92 Å². The maximum Gasteiger partial charge on any atom is 0.238 e. The van der Waals surface area contributed by atoms with Crippen molar-refractivity contribution in [3.8, 4) is 11.5 Å². The Hall–Kier alpha value is -2.24. The van der Waals surface area contributed by atoms with Gasteiger partial charge in [0.25, 0.3) is 0 Å². The Bertz CT molecular complexity index is 737. The number of carbonyl (C=O) groups excluding carboxylic acids is 1. The Kier molecular flexibility index (Phi) is 7.75. The Labute approximate surface area is 159 Å². The maximum absolute atomic E-state index is 12.2. The van der Waals surface area contributed by atoms with Crippen LogP contribution in [-0.2, 0) is 4.79 Å². The molecule has 0 aliphatic rings. The summed E-state index contributed by atoms with van der Waals surface area (Å²) >= 11 is 5.92. The van der Waals surface area contributed by atoms with Crippen molar-refractivity contribution in [3.05, 3.63) is 53.1 Å². The molecule has 0 saturated carbocycles. The van der Waals surface area contributed by atoms with Crippen LogP contribution in [0.2, 0.25) is 5.02 Å². The Morgan fingerprint density at radius 2 is 2.04 bits per heavy atom. The van der Waals surface area contributed by atoms with Gasteiger partial charge in [-0.3, -0.25) is 9.69 Å². The number of anilines is 1. The van der Waals surface area contributed by atoms with Gasteiger partial charge >= 0.3 is 0 Å². The second-order valence-electron chi connectivity index (χ2n) is 6.15. The second-order valence-corrected chi connectivity index (χ2v) is 6.59. The average molecular weight is 377 g/mol. The number of methoxy groups -OCH3 is 1. The zero-order valence-corrected chi connectivity index (χ0v) is 16.2. The van der Waals surface area contributed by atoms with Gasteiger partial charge in [0.15, 0.2) is 0 Å². The first-order chi connectivity index (χ1) is 12.5. The summed E-state index contributed by atoms with van der Waals surface area (Å²) in [5, 5.41) is 3.56. The number of rotatable bonds is 9. The number of nitrogens with zero attached hydrogens (tertiary/aromatic N) is 1. The molecule has 0 heterocycles. The highest BCUT2D eigenvalue weighted by Gasteiger charge is 2.10. The number of aryl methyl sites for hydroxylation is 1. The van der Waals surface area contributed by atoms with Gasteiger partial charge in [0, 0.05) is 11.6 Å². The average Bonchev–Trinajstić information content (AvgIpc) is 2.59. The molecule has 140 valence electrons. The Morgan fingerprint density at radius 1 is 1.23 bits per heavy atom. The Balaban J connectivity index is 1.73. The van der Waals surface area contributed by atoms with Crippen LogP contribution in [0.3, 0.4) is 0 Å². The molecule has 0 radical (unpaired) electrons.